The van der Waals surface area contributed by atoms with Gasteiger partial charge in [0, 0.05) is 47.7 Å². The van der Waals surface area contributed by atoms with Gasteiger partial charge < -0.3 is 20.9 Å². The monoisotopic (exact) mass is 544 g/mol. The van der Waals surface area contributed by atoms with E-state index in [1.807, 2.05) is 54.3 Å². The van der Waals surface area contributed by atoms with Crippen molar-refractivity contribution < 1.29 is 14.4 Å². The Bertz CT molecular complexity index is 1360. The molecule has 2 aromatic rings. The molecule has 0 bridgehead atoms. The average Bonchev–Trinajstić information content (AvgIpc) is 3.32. The number of pyridine rings is 1. The number of aryl methyl sites for hydroxylation is 1. The standard InChI is InChI=1S/C29H32N6O3S/c1-3-23(36)34-13-7-10-19(16-34)32-27(37)26-25-24-22(11-12-30-28(24)39-26)35(29(38)33-25)20-14-17(2)31-21(15-20)18-8-5-4-6-9-18/h3-6,8-9,14-15,19,22,24,28,30H,1,7,10-13,16H2,2H3,(H,32,37)(H,33,38)/t19-,22?,24?,28?/m1/s1. The molecular formula is C29H32N6O3S. The van der Waals surface area contributed by atoms with E-state index in [9.17, 15) is 14.4 Å². The summed E-state index contributed by atoms with van der Waals surface area (Å²) in [5.74, 6) is -0.352. The Balaban J connectivity index is 1.27. The fraction of sp³-hybridized carbons (Fsp3) is 0.379. The van der Waals surface area contributed by atoms with Crippen LogP contribution in [0.25, 0.3) is 11.3 Å². The second kappa shape index (κ2) is 10.5. The van der Waals surface area contributed by atoms with Crippen molar-refractivity contribution in [2.24, 2.45) is 5.92 Å². The van der Waals surface area contributed by atoms with Gasteiger partial charge in [-0.3, -0.25) is 19.5 Å². The molecule has 0 spiro atoms. The van der Waals surface area contributed by atoms with E-state index in [1.165, 1.54) is 17.8 Å². The van der Waals surface area contributed by atoms with Crippen molar-refractivity contribution >= 4 is 35.3 Å². The Morgan fingerprint density at radius 1 is 1.21 bits per heavy atom. The number of carbonyl (C=O) groups is 3. The van der Waals surface area contributed by atoms with Crippen LogP contribution < -0.4 is 20.9 Å². The van der Waals surface area contributed by atoms with Crippen LogP contribution in [-0.4, -0.2) is 64.8 Å². The van der Waals surface area contributed by atoms with Gasteiger partial charge in [0.15, 0.2) is 0 Å². The highest BCUT2D eigenvalue weighted by atomic mass is 32.2. The van der Waals surface area contributed by atoms with Gasteiger partial charge in [0.05, 0.1) is 22.0 Å². The maximum atomic E-state index is 13.7. The second-order valence-corrected chi connectivity index (χ2v) is 11.6. The lowest BCUT2D eigenvalue weighted by Gasteiger charge is -2.46. The van der Waals surface area contributed by atoms with Gasteiger partial charge in [-0.25, -0.2) is 4.79 Å². The number of carbonyl (C=O) groups excluding carboxylic acids is 3. The number of nitrogens with zero attached hydrogens (tertiary/aromatic N) is 3. The first-order valence-corrected chi connectivity index (χ1v) is 14.3. The molecule has 1 aromatic heterocycles. The molecule has 3 N–H and O–H groups in total. The lowest BCUT2D eigenvalue weighted by atomic mass is 9.86. The highest BCUT2D eigenvalue weighted by Crippen LogP contribution is 2.48. The number of thioether (sulfide) groups is 1. The Labute approximate surface area is 232 Å². The minimum Gasteiger partial charge on any atom is -0.347 e. The number of nitrogens with one attached hydrogen (secondary N) is 3. The molecule has 3 unspecified atom stereocenters. The molecule has 6 rings (SSSR count). The van der Waals surface area contributed by atoms with E-state index in [0.717, 1.165) is 48.4 Å². The number of urea groups is 1. The molecule has 4 aliphatic rings. The topological polar surface area (TPSA) is 107 Å². The normalized spacial score (nSPS) is 26.1. The summed E-state index contributed by atoms with van der Waals surface area (Å²) in [6, 6.07) is 13.4. The number of benzene rings is 1. The van der Waals surface area contributed by atoms with Crippen LogP contribution in [0, 0.1) is 12.8 Å². The van der Waals surface area contributed by atoms with E-state index in [-0.39, 0.29) is 41.2 Å². The van der Waals surface area contributed by atoms with E-state index in [0.29, 0.717) is 23.7 Å². The van der Waals surface area contributed by atoms with Gasteiger partial charge in [0.25, 0.3) is 5.91 Å². The lowest BCUT2D eigenvalue weighted by molar-refractivity contribution is -0.128. The number of anilines is 1. The molecule has 3 saturated heterocycles. The fourth-order valence-corrected chi connectivity index (χ4v) is 7.54. The number of likely N-dealkylation sites (tertiary alicyclic amines) is 1. The van der Waals surface area contributed by atoms with Gasteiger partial charge in [0.1, 0.15) is 0 Å². The van der Waals surface area contributed by atoms with Crippen molar-refractivity contribution in [2.45, 2.75) is 43.6 Å². The SMILES string of the molecule is C=CC(=O)N1CCC[C@@H](NC(=O)C2=C3NC(=O)N(c4cc(C)nc(-c5ccccc5)c4)C4CCNC(S2)C34)C1. The maximum absolute atomic E-state index is 13.7. The van der Waals surface area contributed by atoms with Crippen molar-refractivity contribution in [2.75, 3.05) is 24.5 Å². The van der Waals surface area contributed by atoms with E-state index >= 15 is 0 Å². The highest BCUT2D eigenvalue weighted by Gasteiger charge is 2.52. The number of aromatic nitrogens is 1. The molecule has 202 valence electrons. The Morgan fingerprint density at radius 3 is 2.82 bits per heavy atom. The third kappa shape index (κ3) is 4.83. The second-order valence-electron chi connectivity index (χ2n) is 10.4. The minimum absolute atomic E-state index is 0.00988. The van der Waals surface area contributed by atoms with Crippen LogP contribution in [0.3, 0.4) is 0 Å². The molecular weight excluding hydrogens is 512 g/mol. The molecule has 4 aliphatic heterocycles. The van der Waals surface area contributed by atoms with Crippen LogP contribution in [-0.2, 0) is 9.59 Å². The van der Waals surface area contributed by atoms with Gasteiger partial charge in [-0.1, -0.05) is 48.7 Å². The molecule has 4 amide bonds. The van der Waals surface area contributed by atoms with Crippen molar-refractivity contribution in [3.63, 3.8) is 0 Å². The van der Waals surface area contributed by atoms with Crippen molar-refractivity contribution in [3.05, 3.63) is 71.4 Å². The van der Waals surface area contributed by atoms with Gasteiger partial charge >= 0.3 is 6.03 Å². The van der Waals surface area contributed by atoms with Crippen LogP contribution >= 0.6 is 11.8 Å². The molecule has 9 nitrogen and oxygen atoms in total. The first-order valence-electron chi connectivity index (χ1n) is 13.4. The molecule has 5 heterocycles. The largest absolute Gasteiger partial charge is 0.347 e. The van der Waals surface area contributed by atoms with Crippen molar-refractivity contribution in [1.29, 1.82) is 0 Å². The summed E-state index contributed by atoms with van der Waals surface area (Å²) >= 11 is 1.49. The van der Waals surface area contributed by atoms with Crippen LogP contribution in [0.4, 0.5) is 10.5 Å². The van der Waals surface area contributed by atoms with E-state index in [1.54, 1.807) is 4.90 Å². The zero-order valence-electron chi connectivity index (χ0n) is 21.9. The van der Waals surface area contributed by atoms with E-state index < -0.39 is 0 Å². The third-order valence-corrected chi connectivity index (χ3v) is 9.23. The van der Waals surface area contributed by atoms with Crippen molar-refractivity contribution in [1.82, 2.24) is 25.8 Å². The van der Waals surface area contributed by atoms with Gasteiger partial charge in [0.2, 0.25) is 5.91 Å². The number of amides is 4. The highest BCUT2D eigenvalue weighted by molar-refractivity contribution is 8.04. The zero-order valence-corrected chi connectivity index (χ0v) is 22.7. The Morgan fingerprint density at radius 2 is 2.03 bits per heavy atom. The number of hydrogen-bond acceptors (Lipinski definition) is 6. The number of hydrogen-bond donors (Lipinski definition) is 3. The summed E-state index contributed by atoms with van der Waals surface area (Å²) in [4.78, 5) is 48.1. The van der Waals surface area contributed by atoms with Crippen LogP contribution in [0.2, 0.25) is 0 Å². The lowest BCUT2D eigenvalue weighted by Crippen LogP contribution is -2.62. The van der Waals surface area contributed by atoms with Crippen LogP contribution in [0.5, 0.6) is 0 Å². The summed E-state index contributed by atoms with van der Waals surface area (Å²) in [6.45, 7) is 7.40. The fourth-order valence-electron chi connectivity index (χ4n) is 6.14. The predicted octanol–water partition coefficient (Wildman–Crippen LogP) is 3.14. The van der Waals surface area contributed by atoms with Crippen LogP contribution in [0.15, 0.2) is 65.7 Å². The average molecular weight is 545 g/mol. The summed E-state index contributed by atoms with van der Waals surface area (Å²) < 4.78 is 0. The molecule has 0 radical (unpaired) electrons. The third-order valence-electron chi connectivity index (χ3n) is 7.88. The molecule has 39 heavy (non-hydrogen) atoms. The number of piperidine rings is 2. The first kappa shape index (κ1) is 25.6. The minimum atomic E-state index is -0.232. The van der Waals surface area contributed by atoms with E-state index in [4.69, 9.17) is 4.98 Å². The Hall–Kier alpha value is -3.63. The summed E-state index contributed by atoms with van der Waals surface area (Å²) in [5, 5.41) is 9.75. The molecule has 3 fully saturated rings. The first-order chi connectivity index (χ1) is 18.9. The smallest absolute Gasteiger partial charge is 0.326 e. The molecule has 10 heteroatoms. The Kier molecular flexibility index (Phi) is 6.90. The van der Waals surface area contributed by atoms with Gasteiger partial charge in [-0.05, 0) is 50.9 Å². The molecule has 4 atom stereocenters. The summed E-state index contributed by atoms with van der Waals surface area (Å²) in [5.41, 5.74) is 4.16. The summed E-state index contributed by atoms with van der Waals surface area (Å²) in [6.07, 6.45) is 3.71. The van der Waals surface area contributed by atoms with Gasteiger partial charge in [-0.2, -0.15) is 0 Å². The molecule has 1 aromatic carbocycles. The van der Waals surface area contributed by atoms with Gasteiger partial charge in [-0.15, -0.1) is 0 Å². The molecule has 0 saturated carbocycles. The van der Waals surface area contributed by atoms with E-state index in [2.05, 4.69) is 22.5 Å². The number of rotatable bonds is 5. The quantitative estimate of drug-likeness (QED) is 0.500. The van der Waals surface area contributed by atoms with Crippen LogP contribution in [0.1, 0.15) is 25.0 Å². The van der Waals surface area contributed by atoms with Crippen molar-refractivity contribution in [3.8, 4) is 11.3 Å². The zero-order chi connectivity index (χ0) is 27.1. The summed E-state index contributed by atoms with van der Waals surface area (Å²) in [7, 11) is 0. The molecule has 0 aliphatic carbocycles. The predicted molar refractivity (Wildman–Crippen MR) is 152 cm³/mol. The maximum Gasteiger partial charge on any atom is 0.326 e.